The van der Waals surface area contributed by atoms with E-state index in [0.29, 0.717) is 57.4 Å². The number of hydrogen-bond acceptors (Lipinski definition) is 7. The summed E-state index contributed by atoms with van der Waals surface area (Å²) in [6.07, 6.45) is 6.42. The lowest BCUT2D eigenvalue weighted by atomic mass is 10.1. The third-order valence-electron chi connectivity index (χ3n) is 6.64. The lowest BCUT2D eigenvalue weighted by Crippen LogP contribution is -2.28. The van der Waals surface area contributed by atoms with E-state index in [4.69, 9.17) is 23.7 Å². The number of benzene rings is 3. The van der Waals surface area contributed by atoms with Crippen LogP contribution in [0.1, 0.15) is 43.0 Å². The minimum atomic E-state index is -0.971. The van der Waals surface area contributed by atoms with Crippen molar-refractivity contribution in [2.75, 3.05) is 33.0 Å². The molecule has 0 saturated carbocycles. The van der Waals surface area contributed by atoms with Crippen molar-refractivity contribution < 1.29 is 38.4 Å². The lowest BCUT2D eigenvalue weighted by Gasteiger charge is -2.15. The second kappa shape index (κ2) is 21.5. The van der Waals surface area contributed by atoms with Gasteiger partial charge in [0.15, 0.2) is 12.2 Å². The summed E-state index contributed by atoms with van der Waals surface area (Å²) in [5.74, 6) is 12.3. The van der Waals surface area contributed by atoms with Gasteiger partial charge < -0.3 is 28.8 Å². The average Bonchev–Trinajstić information content (AvgIpc) is 3.09. The zero-order chi connectivity index (χ0) is 34.4. The van der Waals surface area contributed by atoms with Crippen molar-refractivity contribution in [3.8, 4) is 35.2 Å². The third-order valence-corrected chi connectivity index (χ3v) is 6.64. The molecule has 250 valence electrons. The van der Waals surface area contributed by atoms with Gasteiger partial charge in [0.1, 0.15) is 24.7 Å². The minimum Gasteiger partial charge on any atom is -0.490 e. The number of hydrogen-bond donors (Lipinski definition) is 1. The Morgan fingerprint density at radius 1 is 0.688 bits per heavy atom. The van der Waals surface area contributed by atoms with E-state index in [0.717, 1.165) is 22.3 Å². The van der Waals surface area contributed by atoms with Gasteiger partial charge in [-0.25, -0.2) is 9.59 Å². The molecule has 0 aliphatic heterocycles. The molecule has 3 aromatic carbocycles. The SMILES string of the molecule is CCOC(=O)C(Cc1ccc(OC/C=C/C#Cc2cccc(C#C/C=C/COc3ccc(CC(OCC)C(=O)O)cc3)c2)cc1)OCC. The van der Waals surface area contributed by atoms with Crippen molar-refractivity contribution in [2.45, 2.75) is 45.8 Å². The Morgan fingerprint density at radius 3 is 1.62 bits per heavy atom. The van der Waals surface area contributed by atoms with Crippen LogP contribution in [-0.4, -0.2) is 62.3 Å². The Morgan fingerprint density at radius 2 is 1.17 bits per heavy atom. The predicted molar refractivity (Wildman–Crippen MR) is 185 cm³/mol. The molecule has 1 N–H and O–H groups in total. The molecule has 0 aliphatic carbocycles. The van der Waals surface area contributed by atoms with E-state index in [1.54, 1.807) is 26.0 Å². The number of allylic oxidation sites excluding steroid dienone is 2. The zero-order valence-corrected chi connectivity index (χ0v) is 27.6. The summed E-state index contributed by atoms with van der Waals surface area (Å²) in [7, 11) is 0. The molecule has 3 rings (SSSR count). The molecule has 2 unspecified atom stereocenters. The summed E-state index contributed by atoms with van der Waals surface area (Å²) in [5, 5.41) is 9.24. The first-order valence-electron chi connectivity index (χ1n) is 15.9. The van der Waals surface area contributed by atoms with Crippen LogP contribution in [0.4, 0.5) is 0 Å². The minimum absolute atomic E-state index is 0.299. The molecule has 0 aromatic heterocycles. The molecule has 0 bridgehead atoms. The van der Waals surface area contributed by atoms with Crippen LogP contribution in [0.3, 0.4) is 0 Å². The van der Waals surface area contributed by atoms with Crippen LogP contribution in [0.5, 0.6) is 11.5 Å². The first-order chi connectivity index (χ1) is 23.4. The standard InChI is InChI=1S/C40H42O8/c1-4-44-37(39(41)42)29-33-18-22-35(23-19-33)47-26-11-7-9-14-31-16-13-17-32(28-31)15-10-8-12-27-48-36-24-20-34(21-25-36)30-38(45-5-2)40(43)46-6-3/h7-8,11-13,16-25,28,37-38H,4-6,26-27,29-30H2,1-3H3,(H,41,42)/b11-7+,12-8+. The van der Waals surface area contributed by atoms with Gasteiger partial charge in [0.25, 0.3) is 0 Å². The highest BCUT2D eigenvalue weighted by Crippen LogP contribution is 2.16. The molecule has 0 heterocycles. The number of aliphatic carboxylic acids is 1. The molecular weight excluding hydrogens is 608 g/mol. The Bertz CT molecular complexity index is 1620. The van der Waals surface area contributed by atoms with Crippen molar-refractivity contribution in [2.24, 2.45) is 0 Å². The molecule has 0 spiro atoms. The highest BCUT2D eigenvalue weighted by atomic mass is 16.6. The molecule has 0 amide bonds. The Balaban J connectivity index is 1.40. The molecule has 3 aromatic rings. The number of rotatable bonds is 17. The Kier molecular flexibility index (Phi) is 16.7. The molecule has 2 atom stereocenters. The fourth-order valence-electron chi connectivity index (χ4n) is 4.36. The van der Waals surface area contributed by atoms with Crippen LogP contribution in [0.2, 0.25) is 0 Å². The van der Waals surface area contributed by atoms with Gasteiger partial charge in [0, 0.05) is 37.2 Å². The molecule has 0 radical (unpaired) electrons. The van der Waals surface area contributed by atoms with Crippen LogP contribution in [-0.2, 0) is 36.6 Å². The molecule has 0 saturated heterocycles. The quantitative estimate of drug-likeness (QED) is 0.136. The lowest BCUT2D eigenvalue weighted by molar-refractivity contribution is -0.156. The van der Waals surface area contributed by atoms with E-state index in [1.807, 2.05) is 91.9 Å². The van der Waals surface area contributed by atoms with E-state index in [2.05, 4.69) is 23.7 Å². The average molecular weight is 651 g/mol. The summed E-state index contributed by atoms with van der Waals surface area (Å²) in [5.41, 5.74) is 3.52. The van der Waals surface area contributed by atoms with Crippen molar-refractivity contribution in [3.05, 3.63) is 119 Å². The summed E-state index contributed by atoms with van der Waals surface area (Å²) in [6, 6.07) is 22.5. The molecule has 0 fully saturated rings. The second-order valence-corrected chi connectivity index (χ2v) is 10.2. The highest BCUT2D eigenvalue weighted by molar-refractivity contribution is 5.75. The molecule has 48 heavy (non-hydrogen) atoms. The zero-order valence-electron chi connectivity index (χ0n) is 27.6. The molecule has 8 heteroatoms. The maximum absolute atomic E-state index is 12.1. The van der Waals surface area contributed by atoms with Gasteiger partial charge in [-0.2, -0.15) is 0 Å². The Hall–Kier alpha value is -5.28. The predicted octanol–water partition coefficient (Wildman–Crippen LogP) is 6.20. The summed E-state index contributed by atoms with van der Waals surface area (Å²) in [4.78, 5) is 23.4. The van der Waals surface area contributed by atoms with Gasteiger partial charge in [-0.1, -0.05) is 54.0 Å². The van der Waals surface area contributed by atoms with Crippen molar-refractivity contribution >= 4 is 11.9 Å². The monoisotopic (exact) mass is 650 g/mol. The van der Waals surface area contributed by atoms with Crippen LogP contribution >= 0.6 is 0 Å². The molecule has 8 nitrogen and oxygen atoms in total. The number of esters is 1. The van der Waals surface area contributed by atoms with Crippen LogP contribution in [0.25, 0.3) is 0 Å². The number of ether oxygens (including phenoxy) is 5. The largest absolute Gasteiger partial charge is 0.490 e. The summed E-state index contributed by atoms with van der Waals surface area (Å²) < 4.78 is 27.4. The second-order valence-electron chi connectivity index (χ2n) is 10.2. The number of carboxylic acids is 1. The van der Waals surface area contributed by atoms with E-state index in [1.165, 1.54) is 0 Å². The van der Waals surface area contributed by atoms with E-state index < -0.39 is 18.2 Å². The Labute approximate surface area is 283 Å². The normalized spacial score (nSPS) is 12.0. The van der Waals surface area contributed by atoms with Crippen molar-refractivity contribution in [1.29, 1.82) is 0 Å². The van der Waals surface area contributed by atoms with Crippen molar-refractivity contribution in [1.82, 2.24) is 0 Å². The van der Waals surface area contributed by atoms with Crippen molar-refractivity contribution in [3.63, 3.8) is 0 Å². The van der Waals surface area contributed by atoms with Gasteiger partial charge >= 0.3 is 11.9 Å². The van der Waals surface area contributed by atoms with Gasteiger partial charge in [0.05, 0.1) is 6.61 Å². The van der Waals surface area contributed by atoms with E-state index in [9.17, 15) is 14.7 Å². The van der Waals surface area contributed by atoms with E-state index >= 15 is 0 Å². The van der Waals surface area contributed by atoms with Gasteiger partial charge in [-0.3, -0.25) is 0 Å². The topological polar surface area (TPSA) is 101 Å². The van der Waals surface area contributed by atoms with Gasteiger partial charge in [-0.05, 0) is 98.7 Å². The van der Waals surface area contributed by atoms with Crippen LogP contribution < -0.4 is 9.47 Å². The highest BCUT2D eigenvalue weighted by Gasteiger charge is 2.20. The molecular formula is C40H42O8. The number of carboxylic acid groups (broad SMARTS) is 1. The molecule has 0 aliphatic rings. The third kappa shape index (κ3) is 14.0. The van der Waals surface area contributed by atoms with Gasteiger partial charge in [-0.15, -0.1) is 0 Å². The maximum Gasteiger partial charge on any atom is 0.335 e. The fraction of sp³-hybridized carbons (Fsp3) is 0.300. The smallest absolute Gasteiger partial charge is 0.335 e. The van der Waals surface area contributed by atoms with Crippen LogP contribution in [0.15, 0.2) is 97.1 Å². The van der Waals surface area contributed by atoms with E-state index in [-0.39, 0.29) is 5.97 Å². The van der Waals surface area contributed by atoms with Crippen LogP contribution in [0, 0.1) is 23.7 Å². The summed E-state index contributed by atoms with van der Waals surface area (Å²) >= 11 is 0. The summed E-state index contributed by atoms with van der Waals surface area (Å²) in [6.45, 7) is 7.22. The number of carbonyl (C=O) groups excluding carboxylic acids is 1. The first kappa shape index (κ1) is 37.2. The fourth-order valence-corrected chi connectivity index (χ4v) is 4.36. The maximum atomic E-state index is 12.1. The first-order valence-corrected chi connectivity index (χ1v) is 15.9. The number of carbonyl (C=O) groups is 2. The van der Waals surface area contributed by atoms with Gasteiger partial charge in [0.2, 0.25) is 0 Å².